The van der Waals surface area contributed by atoms with E-state index in [1.807, 2.05) is 0 Å². The van der Waals surface area contributed by atoms with Crippen molar-refractivity contribution in [2.75, 3.05) is 0 Å². The number of hydrogen-bond donors (Lipinski definition) is 2. The fourth-order valence-electron chi connectivity index (χ4n) is 0.954. The summed E-state index contributed by atoms with van der Waals surface area (Å²) >= 11 is 0. The molecule has 0 atom stereocenters. The summed E-state index contributed by atoms with van der Waals surface area (Å²) in [6.07, 6.45) is -12.0. The van der Waals surface area contributed by atoms with Gasteiger partial charge in [0, 0.05) is 0 Å². The van der Waals surface area contributed by atoms with Crippen molar-refractivity contribution in [2.24, 2.45) is 11.8 Å². The number of rotatable bonds is 3. The second-order valence-electron chi connectivity index (χ2n) is 2.72. The van der Waals surface area contributed by atoms with Crippen molar-refractivity contribution in [3.63, 3.8) is 0 Å². The van der Waals surface area contributed by atoms with Gasteiger partial charge in [0.05, 0.1) is 0 Å². The second-order valence-corrected chi connectivity index (χ2v) is 2.72. The molecule has 0 aliphatic carbocycles. The first-order chi connectivity index (χ1) is 6.89. The fourth-order valence-corrected chi connectivity index (χ4v) is 0.954. The minimum absolute atomic E-state index is 2.70. The lowest BCUT2D eigenvalue weighted by molar-refractivity contribution is -0.297. The van der Waals surface area contributed by atoms with E-state index in [0.717, 1.165) is 0 Å². The predicted octanol–water partition coefficient (Wildman–Crippen LogP) is 1.51. The zero-order valence-electron chi connectivity index (χ0n) is 7.13. The minimum atomic E-state index is -6.00. The van der Waals surface area contributed by atoms with Gasteiger partial charge in [0.25, 0.3) is 0 Å². The Morgan fingerprint density at radius 3 is 1.12 bits per heavy atom. The highest BCUT2D eigenvalue weighted by Gasteiger charge is 2.64. The largest absolute Gasteiger partial charge is 0.481 e. The van der Waals surface area contributed by atoms with Crippen LogP contribution in [0.3, 0.4) is 0 Å². The van der Waals surface area contributed by atoms with E-state index in [2.05, 4.69) is 0 Å². The Balaban J connectivity index is 5.50. The van der Waals surface area contributed by atoms with Gasteiger partial charge < -0.3 is 10.2 Å². The summed E-state index contributed by atoms with van der Waals surface area (Å²) < 4.78 is 71.6. The van der Waals surface area contributed by atoms with Gasteiger partial charge in [-0.05, 0) is 0 Å². The fraction of sp³-hybridized carbons (Fsp3) is 0.667. The van der Waals surface area contributed by atoms with Crippen LogP contribution in [0.5, 0.6) is 0 Å². The van der Waals surface area contributed by atoms with Gasteiger partial charge in [0.2, 0.25) is 0 Å². The highest BCUT2D eigenvalue weighted by molar-refractivity contribution is 5.93. The molecule has 0 radical (unpaired) electrons. The van der Waals surface area contributed by atoms with Crippen LogP contribution in [-0.2, 0) is 9.59 Å². The number of carboxylic acid groups (broad SMARTS) is 2. The first kappa shape index (κ1) is 14.5. The van der Waals surface area contributed by atoms with Gasteiger partial charge in [-0.1, -0.05) is 0 Å². The zero-order valence-corrected chi connectivity index (χ0v) is 7.13. The molecule has 2 N–H and O–H groups in total. The van der Waals surface area contributed by atoms with E-state index in [1.165, 1.54) is 0 Å². The van der Waals surface area contributed by atoms with Crippen molar-refractivity contribution in [1.82, 2.24) is 0 Å². The third-order valence-electron chi connectivity index (χ3n) is 1.57. The molecule has 94 valence electrons. The number of alkyl halides is 6. The predicted molar refractivity (Wildman–Crippen MR) is 34.4 cm³/mol. The maximum absolute atomic E-state index is 11.9. The Morgan fingerprint density at radius 2 is 1.06 bits per heavy atom. The summed E-state index contributed by atoms with van der Waals surface area (Å²) in [5.74, 6) is -13.4. The van der Waals surface area contributed by atoms with Crippen molar-refractivity contribution < 1.29 is 46.1 Å². The van der Waals surface area contributed by atoms with Crippen molar-refractivity contribution in [3.8, 4) is 0 Å². The highest BCUT2D eigenvalue weighted by atomic mass is 19.4. The van der Waals surface area contributed by atoms with Crippen molar-refractivity contribution in [3.05, 3.63) is 0 Å². The van der Waals surface area contributed by atoms with Crippen LogP contribution in [-0.4, -0.2) is 34.5 Å². The van der Waals surface area contributed by atoms with Crippen LogP contribution in [0, 0.1) is 11.8 Å². The van der Waals surface area contributed by atoms with Gasteiger partial charge in [0.15, 0.2) is 11.8 Å². The van der Waals surface area contributed by atoms with E-state index in [9.17, 15) is 35.9 Å². The van der Waals surface area contributed by atoms with E-state index in [-0.39, 0.29) is 0 Å². The quantitative estimate of drug-likeness (QED) is 0.591. The molecule has 0 rings (SSSR count). The molecule has 0 amide bonds. The molecule has 0 aromatic rings. The maximum atomic E-state index is 11.9. The average molecular weight is 254 g/mol. The lowest BCUT2D eigenvalue weighted by Gasteiger charge is -2.25. The van der Waals surface area contributed by atoms with Gasteiger partial charge in [-0.25, -0.2) is 0 Å². The van der Waals surface area contributed by atoms with Crippen molar-refractivity contribution in [1.29, 1.82) is 0 Å². The molecule has 0 saturated heterocycles. The Bertz CT molecular complexity index is 264. The molecule has 16 heavy (non-hydrogen) atoms. The van der Waals surface area contributed by atoms with Crippen LogP contribution in [0.1, 0.15) is 0 Å². The van der Waals surface area contributed by atoms with Crippen LogP contribution >= 0.6 is 0 Å². The molecule has 0 saturated carbocycles. The zero-order chi connectivity index (χ0) is 13.3. The summed E-state index contributed by atoms with van der Waals surface area (Å²) in [7, 11) is 0. The average Bonchev–Trinajstić information content (AvgIpc) is 1.93. The number of hydrogen-bond acceptors (Lipinski definition) is 2. The standard InChI is InChI=1S/C6H4F6O4/c7-5(8,9)2(6(10,11)12)1(3(13)14)4(15)16/h1-2H,(H,13,14)(H,15,16). The normalized spacial score (nSPS) is 13.2. The molecule has 0 aromatic carbocycles. The molecule has 0 bridgehead atoms. The number of aliphatic carboxylic acids is 2. The van der Waals surface area contributed by atoms with Crippen LogP contribution in [0.4, 0.5) is 26.3 Å². The maximum Gasteiger partial charge on any atom is 0.401 e. The summed E-state index contributed by atoms with van der Waals surface area (Å²) in [5, 5.41) is 16.1. The molecular weight excluding hydrogens is 250 g/mol. The van der Waals surface area contributed by atoms with Gasteiger partial charge in [-0.2, -0.15) is 26.3 Å². The first-order valence-corrected chi connectivity index (χ1v) is 3.48. The van der Waals surface area contributed by atoms with E-state index < -0.39 is 36.1 Å². The molecule has 0 aromatic heterocycles. The molecule has 0 heterocycles. The van der Waals surface area contributed by atoms with Crippen LogP contribution < -0.4 is 0 Å². The first-order valence-electron chi connectivity index (χ1n) is 3.48. The van der Waals surface area contributed by atoms with Crippen LogP contribution in [0.2, 0.25) is 0 Å². The Hall–Kier alpha value is -1.48. The molecule has 0 unspecified atom stereocenters. The Kier molecular flexibility index (Phi) is 3.79. The summed E-state index contributed by atoms with van der Waals surface area (Å²) in [6, 6.07) is 0. The minimum Gasteiger partial charge on any atom is -0.481 e. The van der Waals surface area contributed by atoms with Gasteiger partial charge in [0.1, 0.15) is 0 Å². The summed E-state index contributed by atoms with van der Waals surface area (Å²) in [6.45, 7) is 0. The molecular formula is C6H4F6O4. The van der Waals surface area contributed by atoms with E-state index >= 15 is 0 Å². The lowest BCUT2D eigenvalue weighted by Crippen LogP contribution is -2.47. The Morgan fingerprint density at radius 1 is 0.812 bits per heavy atom. The molecule has 4 nitrogen and oxygen atoms in total. The summed E-state index contributed by atoms with van der Waals surface area (Å²) in [5.41, 5.74) is 0. The topological polar surface area (TPSA) is 74.6 Å². The number of carbonyl (C=O) groups is 2. The Labute approximate surface area is 83.5 Å². The van der Waals surface area contributed by atoms with E-state index in [1.54, 1.807) is 0 Å². The van der Waals surface area contributed by atoms with Gasteiger partial charge >= 0.3 is 24.3 Å². The van der Waals surface area contributed by atoms with E-state index in [0.29, 0.717) is 0 Å². The van der Waals surface area contributed by atoms with E-state index in [4.69, 9.17) is 10.2 Å². The molecule has 10 heteroatoms. The molecule has 0 aliphatic heterocycles. The van der Waals surface area contributed by atoms with Crippen molar-refractivity contribution >= 4 is 11.9 Å². The van der Waals surface area contributed by atoms with Crippen LogP contribution in [0.15, 0.2) is 0 Å². The molecule has 0 spiro atoms. The third kappa shape index (κ3) is 3.28. The highest BCUT2D eigenvalue weighted by Crippen LogP contribution is 2.44. The number of halogens is 6. The monoisotopic (exact) mass is 254 g/mol. The van der Waals surface area contributed by atoms with Gasteiger partial charge in [-0.15, -0.1) is 0 Å². The molecule has 0 aliphatic rings. The summed E-state index contributed by atoms with van der Waals surface area (Å²) in [4.78, 5) is 20.2. The van der Waals surface area contributed by atoms with Crippen LogP contribution in [0.25, 0.3) is 0 Å². The molecule has 0 fully saturated rings. The van der Waals surface area contributed by atoms with Crippen molar-refractivity contribution in [2.45, 2.75) is 12.4 Å². The lowest BCUT2D eigenvalue weighted by atomic mass is 9.91. The SMILES string of the molecule is O=C(O)C(C(=O)O)C(C(F)(F)F)C(F)(F)F. The second kappa shape index (κ2) is 4.18. The smallest absolute Gasteiger partial charge is 0.401 e. The number of carboxylic acids is 2. The third-order valence-corrected chi connectivity index (χ3v) is 1.57. The van der Waals surface area contributed by atoms with Gasteiger partial charge in [-0.3, -0.25) is 9.59 Å².